The van der Waals surface area contributed by atoms with E-state index >= 15 is 0 Å². The number of carbonyl (C=O) groups is 1. The molecule has 2 saturated carbocycles. The highest BCUT2D eigenvalue weighted by molar-refractivity contribution is 5.83. The number of amides is 1. The van der Waals surface area contributed by atoms with Crippen LogP contribution in [0.15, 0.2) is 0 Å². The van der Waals surface area contributed by atoms with Crippen molar-refractivity contribution >= 4 is 5.91 Å². The van der Waals surface area contributed by atoms with E-state index in [2.05, 4.69) is 25.9 Å². The lowest BCUT2D eigenvalue weighted by atomic mass is 9.69. The molecule has 0 radical (unpaired) electrons. The second-order valence-electron chi connectivity index (χ2n) is 7.80. The molecule has 0 aliphatic heterocycles. The fourth-order valence-corrected chi connectivity index (χ4v) is 4.07. The van der Waals surface area contributed by atoms with Gasteiger partial charge in [0.25, 0.3) is 0 Å². The predicted molar refractivity (Wildman–Crippen MR) is 87.0 cm³/mol. The minimum absolute atomic E-state index is 0.197. The second kappa shape index (κ2) is 6.25. The third-order valence-electron chi connectivity index (χ3n) is 6.19. The van der Waals surface area contributed by atoms with Crippen molar-refractivity contribution in [3.63, 3.8) is 0 Å². The number of nitrogens with two attached hydrogens (primary N) is 1. The Kier molecular flexibility index (Phi) is 4.99. The summed E-state index contributed by atoms with van der Waals surface area (Å²) in [6, 6.07) is 0. The van der Waals surface area contributed by atoms with Crippen LogP contribution >= 0.6 is 0 Å². The summed E-state index contributed by atoms with van der Waals surface area (Å²) < 4.78 is 0. The van der Waals surface area contributed by atoms with Crippen molar-refractivity contribution in [3.05, 3.63) is 0 Å². The number of hydrogen-bond donors (Lipinski definition) is 1. The summed E-state index contributed by atoms with van der Waals surface area (Å²) in [4.78, 5) is 17.3. The maximum Gasteiger partial charge on any atom is 0.229 e. The molecular formula is C17H33N3O. The Morgan fingerprint density at radius 3 is 2.10 bits per heavy atom. The molecule has 122 valence electrons. The molecule has 0 atom stereocenters. The van der Waals surface area contributed by atoms with Gasteiger partial charge >= 0.3 is 0 Å². The van der Waals surface area contributed by atoms with E-state index < -0.39 is 0 Å². The highest BCUT2D eigenvalue weighted by Crippen LogP contribution is 2.41. The van der Waals surface area contributed by atoms with E-state index in [0.29, 0.717) is 6.54 Å². The molecule has 2 rings (SSSR count). The summed E-state index contributed by atoms with van der Waals surface area (Å²) in [5.74, 6) is 1.02. The molecule has 21 heavy (non-hydrogen) atoms. The Morgan fingerprint density at radius 1 is 1.14 bits per heavy atom. The second-order valence-corrected chi connectivity index (χ2v) is 7.80. The zero-order valence-electron chi connectivity index (χ0n) is 14.3. The molecule has 0 unspecified atom stereocenters. The molecule has 0 aromatic heterocycles. The fraction of sp³-hybridized carbons (Fsp3) is 0.941. The molecule has 2 N–H and O–H groups in total. The van der Waals surface area contributed by atoms with Crippen LogP contribution < -0.4 is 5.73 Å². The standard InChI is InChI=1S/C17H33N3O/c1-14-6-10-16(12-18,11-7-14)15(21)20(4)13-17(19(2)3)8-5-9-17/h14H,5-13,18H2,1-4H3. The van der Waals surface area contributed by atoms with Gasteiger partial charge in [-0.05, 0) is 65.0 Å². The quantitative estimate of drug-likeness (QED) is 0.845. The van der Waals surface area contributed by atoms with Gasteiger partial charge in [0.1, 0.15) is 0 Å². The molecule has 1 amide bonds. The van der Waals surface area contributed by atoms with Gasteiger partial charge in [-0.3, -0.25) is 4.79 Å². The molecule has 2 fully saturated rings. The van der Waals surface area contributed by atoms with E-state index in [-0.39, 0.29) is 16.9 Å². The average molecular weight is 295 g/mol. The first-order valence-corrected chi connectivity index (χ1v) is 8.48. The van der Waals surface area contributed by atoms with Gasteiger partial charge in [-0.2, -0.15) is 0 Å². The van der Waals surface area contributed by atoms with Crippen molar-refractivity contribution in [1.82, 2.24) is 9.80 Å². The van der Waals surface area contributed by atoms with Gasteiger partial charge in [0, 0.05) is 25.7 Å². The van der Waals surface area contributed by atoms with E-state index in [9.17, 15) is 4.79 Å². The number of hydrogen-bond acceptors (Lipinski definition) is 3. The van der Waals surface area contributed by atoms with Crippen LogP contribution in [-0.4, -0.2) is 55.5 Å². The summed E-state index contributed by atoms with van der Waals surface area (Å²) >= 11 is 0. The van der Waals surface area contributed by atoms with Crippen LogP contribution in [0.5, 0.6) is 0 Å². The summed E-state index contributed by atoms with van der Waals surface area (Å²) in [7, 11) is 6.25. The van der Waals surface area contributed by atoms with Crippen LogP contribution in [-0.2, 0) is 4.79 Å². The maximum atomic E-state index is 13.0. The number of carbonyl (C=O) groups excluding carboxylic acids is 1. The first-order chi connectivity index (χ1) is 9.85. The Morgan fingerprint density at radius 2 is 1.71 bits per heavy atom. The summed E-state index contributed by atoms with van der Waals surface area (Å²) in [5.41, 5.74) is 5.94. The van der Waals surface area contributed by atoms with Crippen LogP contribution in [0, 0.1) is 11.3 Å². The molecule has 2 aliphatic carbocycles. The van der Waals surface area contributed by atoms with Gasteiger partial charge in [-0.25, -0.2) is 0 Å². The highest BCUT2D eigenvalue weighted by Gasteiger charge is 2.45. The minimum atomic E-state index is -0.293. The Labute approximate surface area is 130 Å². The molecule has 0 bridgehead atoms. The zero-order chi connectivity index (χ0) is 15.7. The lowest BCUT2D eigenvalue weighted by Gasteiger charge is -2.50. The van der Waals surface area contributed by atoms with E-state index in [4.69, 9.17) is 5.73 Å². The van der Waals surface area contributed by atoms with Crippen molar-refractivity contribution in [2.75, 3.05) is 34.2 Å². The number of nitrogens with zero attached hydrogens (tertiary/aromatic N) is 2. The SMILES string of the molecule is CC1CCC(CN)(C(=O)N(C)CC2(N(C)C)CCC2)CC1. The van der Waals surface area contributed by atoms with E-state index in [0.717, 1.165) is 38.1 Å². The predicted octanol–water partition coefficient (Wildman–Crippen LogP) is 2.08. The van der Waals surface area contributed by atoms with Crippen LogP contribution in [0.25, 0.3) is 0 Å². The summed E-state index contributed by atoms with van der Waals surface area (Å²) in [5, 5.41) is 0. The van der Waals surface area contributed by atoms with Gasteiger partial charge in [-0.1, -0.05) is 6.92 Å². The third-order valence-corrected chi connectivity index (χ3v) is 6.19. The first kappa shape index (κ1) is 16.8. The van der Waals surface area contributed by atoms with Crippen molar-refractivity contribution in [1.29, 1.82) is 0 Å². The molecule has 0 aromatic rings. The van der Waals surface area contributed by atoms with Crippen molar-refractivity contribution < 1.29 is 4.79 Å². The van der Waals surface area contributed by atoms with Crippen molar-refractivity contribution in [3.8, 4) is 0 Å². The molecule has 0 saturated heterocycles. The van der Waals surface area contributed by atoms with Gasteiger partial charge in [0.2, 0.25) is 5.91 Å². The smallest absolute Gasteiger partial charge is 0.229 e. The van der Waals surface area contributed by atoms with Crippen LogP contribution in [0.1, 0.15) is 51.9 Å². The van der Waals surface area contributed by atoms with Gasteiger partial charge in [0.15, 0.2) is 0 Å². The molecule has 0 heterocycles. The van der Waals surface area contributed by atoms with Gasteiger partial charge in [-0.15, -0.1) is 0 Å². The lowest BCUT2D eigenvalue weighted by Crippen LogP contribution is -2.59. The topological polar surface area (TPSA) is 49.6 Å². The third kappa shape index (κ3) is 3.11. The van der Waals surface area contributed by atoms with Gasteiger partial charge in [0.05, 0.1) is 5.41 Å². The lowest BCUT2D eigenvalue weighted by molar-refractivity contribution is -0.145. The molecular weight excluding hydrogens is 262 g/mol. The first-order valence-electron chi connectivity index (χ1n) is 8.48. The van der Waals surface area contributed by atoms with Crippen LogP contribution in [0.2, 0.25) is 0 Å². The van der Waals surface area contributed by atoms with Crippen molar-refractivity contribution in [2.45, 2.75) is 57.4 Å². The zero-order valence-corrected chi connectivity index (χ0v) is 14.3. The van der Waals surface area contributed by atoms with Crippen molar-refractivity contribution in [2.24, 2.45) is 17.1 Å². The summed E-state index contributed by atoms with van der Waals surface area (Å²) in [6.45, 7) is 3.62. The maximum absolute atomic E-state index is 13.0. The Bertz CT molecular complexity index is 368. The van der Waals surface area contributed by atoms with E-state index in [1.165, 1.54) is 19.3 Å². The minimum Gasteiger partial charge on any atom is -0.343 e. The largest absolute Gasteiger partial charge is 0.343 e. The molecule has 2 aliphatic rings. The molecule has 0 aromatic carbocycles. The monoisotopic (exact) mass is 295 g/mol. The fourth-order valence-electron chi connectivity index (χ4n) is 4.07. The van der Waals surface area contributed by atoms with Gasteiger partial charge < -0.3 is 15.5 Å². The molecule has 0 spiro atoms. The Balaban J connectivity index is 2.04. The normalized spacial score (nSPS) is 31.8. The number of rotatable bonds is 5. The van der Waals surface area contributed by atoms with Crippen LogP contribution in [0.4, 0.5) is 0 Å². The van der Waals surface area contributed by atoms with Crippen LogP contribution in [0.3, 0.4) is 0 Å². The molecule has 4 nitrogen and oxygen atoms in total. The van der Waals surface area contributed by atoms with E-state index in [1.54, 1.807) is 0 Å². The number of likely N-dealkylation sites (N-methyl/N-ethyl adjacent to an activating group) is 2. The molecule has 4 heteroatoms. The highest BCUT2D eigenvalue weighted by atomic mass is 16.2. The Hall–Kier alpha value is -0.610. The van der Waals surface area contributed by atoms with E-state index in [1.807, 2.05) is 11.9 Å². The summed E-state index contributed by atoms with van der Waals surface area (Å²) in [6.07, 6.45) is 7.87. The average Bonchev–Trinajstić information content (AvgIpc) is 2.42.